The first-order chi connectivity index (χ1) is 22.0. The molecule has 4 saturated carbocycles. The zero-order chi connectivity index (χ0) is 32.4. The van der Waals surface area contributed by atoms with Crippen LogP contribution in [0.1, 0.15) is 42.6 Å². The van der Waals surface area contributed by atoms with E-state index in [0.29, 0.717) is 56.7 Å². The third-order valence-corrected chi connectivity index (χ3v) is 10.7. The maximum atomic E-state index is 14.2. The number of methoxy groups -OCH3 is 2. The molecular weight excluding hydrogens is 608 g/mol. The summed E-state index contributed by atoms with van der Waals surface area (Å²) in [7, 11) is -0.487. The van der Waals surface area contributed by atoms with Crippen molar-refractivity contribution in [3.05, 3.63) is 66.4 Å². The Morgan fingerprint density at radius 2 is 1.50 bits per heavy atom. The van der Waals surface area contributed by atoms with E-state index in [1.54, 1.807) is 47.1 Å². The molecule has 46 heavy (non-hydrogen) atoms. The van der Waals surface area contributed by atoms with E-state index in [0.717, 1.165) is 38.4 Å². The Labute approximate surface area is 266 Å². The van der Waals surface area contributed by atoms with Gasteiger partial charge in [0.05, 0.1) is 43.1 Å². The Morgan fingerprint density at radius 1 is 0.891 bits per heavy atom. The number of nitrogens with one attached hydrogen (secondary N) is 2. The molecule has 11 nitrogen and oxygen atoms in total. The maximum Gasteiger partial charge on any atom is 0.330 e. The van der Waals surface area contributed by atoms with E-state index < -0.39 is 27.4 Å². The monoisotopic (exact) mass is 644 g/mol. The molecule has 4 fully saturated rings. The fourth-order valence-electron chi connectivity index (χ4n) is 8.50. The van der Waals surface area contributed by atoms with E-state index in [1.807, 2.05) is 18.2 Å². The largest absolute Gasteiger partial charge is 0.496 e. The lowest BCUT2D eigenvalue weighted by Gasteiger charge is -2.59. The number of carboxylic acid groups (broad SMARTS) is 1. The van der Waals surface area contributed by atoms with Crippen LogP contribution in [-0.4, -0.2) is 61.2 Å². The van der Waals surface area contributed by atoms with E-state index in [4.69, 9.17) is 14.6 Å². The van der Waals surface area contributed by atoms with Crippen LogP contribution in [0.5, 0.6) is 11.5 Å². The molecule has 4 aromatic rings. The summed E-state index contributed by atoms with van der Waals surface area (Å²) in [5.41, 5.74) is 0.682. The first kappa shape index (κ1) is 30.1. The molecule has 1 heterocycles. The lowest BCUT2D eigenvalue weighted by molar-refractivity contribution is -0.163. The standard InChI is InChI=1S/C34H36N4O7S/c1-44-29-9-6-10-30(45-2)31(29)28-18-26(32(39)35-34(33(40)41)21-14-19-13-20(16-21)17-22(34)15-19)36-38(28)27-12-11-25(37-46(3,42)43)23-7-4-5-8-24(23)27/h4-12,18-22,37H,13-17H2,1-3H3,(H,35,39)(H,40,41). The van der Waals surface area contributed by atoms with Gasteiger partial charge < -0.3 is 19.9 Å². The molecule has 0 saturated heterocycles. The van der Waals surface area contributed by atoms with Crippen molar-refractivity contribution in [2.45, 2.75) is 37.6 Å². The summed E-state index contributed by atoms with van der Waals surface area (Å²) in [6.07, 6.45) is 5.45. The minimum absolute atomic E-state index is 0.0415. The number of amides is 1. The molecule has 3 aromatic carbocycles. The van der Waals surface area contributed by atoms with Crippen molar-refractivity contribution >= 4 is 38.4 Å². The summed E-state index contributed by atoms with van der Waals surface area (Å²) in [4.78, 5) is 27.2. The number of nitrogens with zero attached hydrogens (tertiary/aromatic N) is 2. The van der Waals surface area contributed by atoms with Crippen molar-refractivity contribution < 1.29 is 32.6 Å². The molecule has 1 aromatic heterocycles. The van der Waals surface area contributed by atoms with Crippen molar-refractivity contribution in [3.63, 3.8) is 0 Å². The van der Waals surface area contributed by atoms with Crippen molar-refractivity contribution in [3.8, 4) is 28.4 Å². The maximum absolute atomic E-state index is 14.2. The molecule has 4 aliphatic rings. The van der Waals surface area contributed by atoms with Crippen molar-refractivity contribution in [2.75, 3.05) is 25.2 Å². The highest BCUT2D eigenvalue weighted by molar-refractivity contribution is 7.92. The van der Waals surface area contributed by atoms with Crippen LogP contribution < -0.4 is 19.5 Å². The number of fused-ring (bicyclic) bond motifs is 1. The van der Waals surface area contributed by atoms with Gasteiger partial charge >= 0.3 is 5.97 Å². The number of ether oxygens (including phenoxy) is 2. The van der Waals surface area contributed by atoms with Crippen molar-refractivity contribution in [1.82, 2.24) is 15.1 Å². The van der Waals surface area contributed by atoms with Gasteiger partial charge in [-0.1, -0.05) is 30.3 Å². The molecule has 0 spiro atoms. The van der Waals surface area contributed by atoms with Gasteiger partial charge in [0.1, 0.15) is 17.0 Å². The summed E-state index contributed by atoms with van der Waals surface area (Å²) in [5.74, 6) is 0.197. The second kappa shape index (κ2) is 11.0. The van der Waals surface area contributed by atoms with Gasteiger partial charge in [0.2, 0.25) is 10.0 Å². The molecule has 0 atom stereocenters. The lowest BCUT2D eigenvalue weighted by Crippen LogP contribution is -2.70. The summed E-state index contributed by atoms with van der Waals surface area (Å²) in [6, 6.07) is 17.6. The number of hydrogen-bond acceptors (Lipinski definition) is 7. The number of carboxylic acids is 1. The number of carbonyl (C=O) groups is 2. The van der Waals surface area contributed by atoms with Gasteiger partial charge in [0, 0.05) is 10.8 Å². The predicted octanol–water partition coefficient (Wildman–Crippen LogP) is 5.09. The van der Waals surface area contributed by atoms with E-state index in [1.165, 1.54) is 14.2 Å². The molecule has 4 aliphatic carbocycles. The Hall–Kier alpha value is -4.58. The van der Waals surface area contributed by atoms with Crippen LogP contribution in [0.15, 0.2) is 60.7 Å². The van der Waals surface area contributed by atoms with Crippen LogP contribution in [0.4, 0.5) is 5.69 Å². The second-order valence-electron chi connectivity index (χ2n) is 12.8. The smallest absolute Gasteiger partial charge is 0.330 e. The third-order valence-electron chi connectivity index (χ3n) is 10.2. The Bertz CT molecular complexity index is 1940. The van der Waals surface area contributed by atoms with Crippen LogP contribution in [0.3, 0.4) is 0 Å². The first-order valence-electron chi connectivity index (χ1n) is 15.4. The van der Waals surface area contributed by atoms with E-state index >= 15 is 0 Å². The minimum Gasteiger partial charge on any atom is -0.496 e. The van der Waals surface area contributed by atoms with Gasteiger partial charge in [-0.25, -0.2) is 17.9 Å². The fraction of sp³-hybridized carbons (Fsp3) is 0.382. The summed E-state index contributed by atoms with van der Waals surface area (Å²) in [5, 5.41) is 19.8. The topological polar surface area (TPSA) is 149 Å². The number of aliphatic carboxylic acids is 1. The van der Waals surface area contributed by atoms with Crippen molar-refractivity contribution in [1.29, 1.82) is 0 Å². The highest BCUT2D eigenvalue weighted by atomic mass is 32.2. The van der Waals surface area contributed by atoms with Gasteiger partial charge in [0.15, 0.2) is 5.69 Å². The molecule has 0 unspecified atom stereocenters. The van der Waals surface area contributed by atoms with Crippen LogP contribution in [0, 0.1) is 23.7 Å². The Kier molecular flexibility index (Phi) is 7.22. The van der Waals surface area contributed by atoms with Crippen molar-refractivity contribution in [2.24, 2.45) is 23.7 Å². The van der Waals surface area contributed by atoms with Crippen LogP contribution in [-0.2, 0) is 14.8 Å². The van der Waals surface area contributed by atoms with Gasteiger partial charge in [-0.05, 0) is 86.1 Å². The molecule has 240 valence electrons. The average molecular weight is 645 g/mol. The summed E-state index contributed by atoms with van der Waals surface area (Å²) in [6.45, 7) is 0. The zero-order valence-corrected chi connectivity index (χ0v) is 26.6. The number of benzene rings is 3. The van der Waals surface area contributed by atoms with Gasteiger partial charge in [-0.15, -0.1) is 0 Å². The highest BCUT2D eigenvalue weighted by Gasteiger charge is 2.62. The van der Waals surface area contributed by atoms with Gasteiger partial charge in [-0.3, -0.25) is 9.52 Å². The molecule has 0 radical (unpaired) electrons. The minimum atomic E-state index is -3.56. The summed E-state index contributed by atoms with van der Waals surface area (Å²) < 4.78 is 39.9. The van der Waals surface area contributed by atoms with Gasteiger partial charge in [-0.2, -0.15) is 5.10 Å². The fourth-order valence-corrected chi connectivity index (χ4v) is 9.08. The molecule has 0 aliphatic heterocycles. The number of aromatic nitrogens is 2. The molecule has 3 N–H and O–H groups in total. The Balaban J connectivity index is 1.39. The van der Waals surface area contributed by atoms with E-state index in [-0.39, 0.29) is 17.5 Å². The number of carbonyl (C=O) groups excluding carboxylic acids is 1. The first-order valence-corrected chi connectivity index (χ1v) is 17.3. The number of hydrogen-bond donors (Lipinski definition) is 3. The number of sulfonamides is 1. The van der Waals surface area contributed by atoms with E-state index in [2.05, 4.69) is 10.0 Å². The van der Waals surface area contributed by atoms with Gasteiger partial charge in [0.25, 0.3) is 5.91 Å². The zero-order valence-electron chi connectivity index (χ0n) is 25.8. The molecule has 4 bridgehead atoms. The highest BCUT2D eigenvalue weighted by Crippen LogP contribution is 2.58. The number of rotatable bonds is 9. The molecule has 12 heteroatoms. The lowest BCUT2D eigenvalue weighted by atomic mass is 9.48. The summed E-state index contributed by atoms with van der Waals surface area (Å²) >= 11 is 0. The second-order valence-corrected chi connectivity index (χ2v) is 14.6. The van der Waals surface area contributed by atoms with E-state index in [9.17, 15) is 23.1 Å². The quantitative estimate of drug-likeness (QED) is 0.228. The van der Waals surface area contributed by atoms with Crippen LogP contribution >= 0.6 is 0 Å². The van der Waals surface area contributed by atoms with Crippen LogP contribution in [0.2, 0.25) is 0 Å². The SMILES string of the molecule is COc1cccc(OC)c1-c1cc(C(=O)NC2(C(=O)O)C3CC4CC(C3)CC2C4)nn1-c1ccc(NS(C)(=O)=O)c2ccccc12. The Morgan fingerprint density at radius 3 is 2.07 bits per heavy atom. The molecular formula is C34H36N4O7S. The normalized spacial score (nSPS) is 24.9. The number of anilines is 1. The third kappa shape index (κ3) is 4.86. The molecule has 1 amide bonds. The average Bonchev–Trinajstić information content (AvgIpc) is 3.46. The molecule has 8 rings (SSSR count). The van der Waals surface area contributed by atoms with Crippen LogP contribution in [0.25, 0.3) is 27.7 Å². The predicted molar refractivity (Wildman–Crippen MR) is 173 cm³/mol.